The van der Waals surface area contributed by atoms with E-state index in [1.54, 1.807) is 31.1 Å². The fourth-order valence-corrected chi connectivity index (χ4v) is 4.06. The Hall–Kier alpha value is -1.66. The van der Waals surface area contributed by atoms with Crippen LogP contribution in [0.15, 0.2) is 57.8 Å². The lowest BCUT2D eigenvalue weighted by atomic mass is 10.0. The molecule has 2 aromatic carbocycles. The van der Waals surface area contributed by atoms with E-state index in [4.69, 9.17) is 0 Å². The van der Waals surface area contributed by atoms with Gasteiger partial charge in [-0.05, 0) is 11.1 Å². The highest BCUT2D eigenvalue weighted by Gasteiger charge is 2.22. The van der Waals surface area contributed by atoms with Gasteiger partial charge in [-0.1, -0.05) is 64.5 Å². The minimum Gasteiger partial charge on any atom is -0.368 e. The van der Waals surface area contributed by atoms with Crippen molar-refractivity contribution in [2.75, 3.05) is 14.1 Å². The first kappa shape index (κ1) is 16.7. The monoisotopic (exact) mass is 380 g/mol. The Morgan fingerprint density at radius 1 is 1.09 bits per heavy atom. The summed E-state index contributed by atoms with van der Waals surface area (Å²) in [6, 6.07) is 14.9. The first-order chi connectivity index (χ1) is 10.5. The molecule has 4 nitrogen and oxygen atoms in total. The fourth-order valence-electron chi connectivity index (χ4n) is 2.05. The van der Waals surface area contributed by atoms with Crippen LogP contribution in [-0.2, 0) is 15.4 Å². The molecule has 2 rings (SSSR count). The average Bonchev–Trinajstić information content (AvgIpc) is 2.53. The van der Waals surface area contributed by atoms with Gasteiger partial charge in [0.1, 0.15) is 11.2 Å². The van der Waals surface area contributed by atoms with Crippen LogP contribution in [0.25, 0.3) is 11.1 Å². The number of hydrogen-bond donors (Lipinski definition) is 0. The van der Waals surface area contributed by atoms with Crippen LogP contribution in [0.2, 0.25) is 0 Å². The first-order valence-corrected chi connectivity index (χ1v) is 9.22. The van der Waals surface area contributed by atoms with Crippen LogP contribution in [-0.4, -0.2) is 33.8 Å². The maximum atomic E-state index is 12.7. The summed E-state index contributed by atoms with van der Waals surface area (Å²) in [5.41, 5.74) is 2.20. The number of rotatable bonds is 5. The van der Waals surface area contributed by atoms with E-state index in [0.717, 1.165) is 5.56 Å². The van der Waals surface area contributed by atoms with Gasteiger partial charge in [0.2, 0.25) is 0 Å². The fraction of sp³-hybridized carbons (Fsp3) is 0.188. The molecule has 0 aromatic heterocycles. The molecule has 0 aliphatic heterocycles. The van der Waals surface area contributed by atoms with E-state index in [1.165, 1.54) is 6.34 Å². The highest BCUT2D eigenvalue weighted by atomic mass is 79.9. The Kier molecular flexibility index (Phi) is 5.37. The molecule has 0 aliphatic carbocycles. The van der Waals surface area contributed by atoms with Crippen LogP contribution in [0.5, 0.6) is 0 Å². The van der Waals surface area contributed by atoms with Gasteiger partial charge < -0.3 is 4.90 Å². The lowest BCUT2D eigenvalue weighted by Gasteiger charge is -2.12. The summed E-state index contributed by atoms with van der Waals surface area (Å²) in [4.78, 5) is 1.84. The molecular weight excluding hydrogens is 364 g/mol. The van der Waals surface area contributed by atoms with Gasteiger partial charge in [0.05, 0.1) is 0 Å². The van der Waals surface area contributed by atoms with Crippen molar-refractivity contribution in [3.63, 3.8) is 0 Å². The molecule has 0 spiro atoms. The summed E-state index contributed by atoms with van der Waals surface area (Å²) >= 11 is 3.36. The second-order valence-electron chi connectivity index (χ2n) is 4.95. The van der Waals surface area contributed by atoms with Crippen LogP contribution in [0.1, 0.15) is 5.56 Å². The molecule has 0 atom stereocenters. The smallest absolute Gasteiger partial charge is 0.284 e. The second-order valence-corrected chi connectivity index (χ2v) is 7.08. The van der Waals surface area contributed by atoms with Gasteiger partial charge >= 0.3 is 0 Å². The predicted molar refractivity (Wildman–Crippen MR) is 93.9 cm³/mol. The predicted octanol–water partition coefficient (Wildman–Crippen LogP) is 3.53. The van der Waals surface area contributed by atoms with Gasteiger partial charge in [-0.3, -0.25) is 0 Å². The minimum atomic E-state index is -3.78. The van der Waals surface area contributed by atoms with Crippen molar-refractivity contribution in [2.24, 2.45) is 4.40 Å². The van der Waals surface area contributed by atoms with Crippen LogP contribution in [0.3, 0.4) is 0 Å². The summed E-state index contributed by atoms with van der Waals surface area (Å²) in [7, 11) is -0.320. The van der Waals surface area contributed by atoms with Crippen molar-refractivity contribution in [3.8, 4) is 11.1 Å². The quantitative estimate of drug-likeness (QED) is 0.452. The maximum absolute atomic E-state index is 12.7. The third kappa shape index (κ3) is 3.75. The minimum absolute atomic E-state index is 0.246. The number of benzene rings is 2. The highest BCUT2D eigenvalue weighted by molar-refractivity contribution is 9.08. The average molecular weight is 381 g/mol. The van der Waals surface area contributed by atoms with Gasteiger partial charge in [-0.2, -0.15) is 8.42 Å². The van der Waals surface area contributed by atoms with Crippen molar-refractivity contribution >= 4 is 32.3 Å². The van der Waals surface area contributed by atoms with Crippen LogP contribution >= 0.6 is 15.9 Å². The third-order valence-corrected chi connectivity index (χ3v) is 4.97. The topological polar surface area (TPSA) is 49.7 Å². The maximum Gasteiger partial charge on any atom is 0.284 e. The van der Waals surface area contributed by atoms with Gasteiger partial charge in [0, 0.05) is 25.0 Å². The van der Waals surface area contributed by atoms with Crippen LogP contribution in [0, 0.1) is 0 Å². The first-order valence-electron chi connectivity index (χ1n) is 6.66. The molecule has 0 amide bonds. The number of nitrogens with zero attached hydrogens (tertiary/aromatic N) is 2. The number of hydrogen-bond acceptors (Lipinski definition) is 2. The molecule has 2 aromatic rings. The van der Waals surface area contributed by atoms with E-state index in [2.05, 4.69) is 20.3 Å². The van der Waals surface area contributed by atoms with E-state index in [1.807, 2.05) is 36.4 Å². The number of sulfonamides is 1. The molecular formula is C16H17BrN2O2S. The third-order valence-electron chi connectivity index (χ3n) is 3.00. The molecule has 0 fully saturated rings. The van der Waals surface area contributed by atoms with Gasteiger partial charge in [-0.15, -0.1) is 4.40 Å². The molecule has 116 valence electrons. The molecule has 0 radical (unpaired) electrons. The zero-order chi connectivity index (χ0) is 16.2. The normalized spacial score (nSPS) is 11.8. The summed E-state index contributed by atoms with van der Waals surface area (Å²) < 4.78 is 29.1. The zero-order valence-electron chi connectivity index (χ0n) is 12.4. The summed E-state index contributed by atoms with van der Waals surface area (Å²) in [6.07, 6.45) is 1.30. The van der Waals surface area contributed by atoms with E-state index in [0.29, 0.717) is 16.5 Å². The molecule has 0 N–H and O–H groups in total. The largest absolute Gasteiger partial charge is 0.368 e. The summed E-state index contributed by atoms with van der Waals surface area (Å²) in [5, 5.41) is 0.444. The van der Waals surface area contributed by atoms with E-state index in [9.17, 15) is 8.42 Å². The molecule has 0 aliphatic rings. The van der Waals surface area contributed by atoms with Crippen molar-refractivity contribution in [2.45, 2.75) is 10.2 Å². The number of alkyl halides is 1. The standard InChI is InChI=1S/C16H17BrN2O2S/c1-19(2)12-18-22(20,21)16-14(11-17)9-6-10-15(16)13-7-4-3-5-8-13/h3-10,12H,11H2,1-2H3/b18-12+. The van der Waals surface area contributed by atoms with Crippen LogP contribution in [0.4, 0.5) is 0 Å². The Labute approximate surface area is 139 Å². The van der Waals surface area contributed by atoms with E-state index in [-0.39, 0.29) is 4.90 Å². The molecule has 0 heterocycles. The van der Waals surface area contributed by atoms with E-state index >= 15 is 0 Å². The molecule has 22 heavy (non-hydrogen) atoms. The highest BCUT2D eigenvalue weighted by Crippen LogP contribution is 2.32. The lowest BCUT2D eigenvalue weighted by molar-refractivity contribution is 0.594. The molecule has 6 heteroatoms. The van der Waals surface area contributed by atoms with Gasteiger partial charge in [0.15, 0.2) is 0 Å². The number of halogens is 1. The Morgan fingerprint density at radius 3 is 2.36 bits per heavy atom. The second kappa shape index (κ2) is 7.07. The SMILES string of the molecule is CN(C)/C=N/S(=O)(=O)c1c(CBr)cccc1-c1ccccc1. The molecule has 0 saturated carbocycles. The van der Waals surface area contributed by atoms with Crippen LogP contribution < -0.4 is 0 Å². The van der Waals surface area contributed by atoms with E-state index < -0.39 is 10.0 Å². The Morgan fingerprint density at radius 2 is 1.77 bits per heavy atom. The van der Waals surface area contributed by atoms with Gasteiger partial charge in [-0.25, -0.2) is 0 Å². The van der Waals surface area contributed by atoms with Crippen molar-refractivity contribution < 1.29 is 8.42 Å². The summed E-state index contributed by atoms with van der Waals surface area (Å²) in [5.74, 6) is 0. The van der Waals surface area contributed by atoms with Crippen molar-refractivity contribution in [1.82, 2.24) is 4.90 Å². The summed E-state index contributed by atoms with van der Waals surface area (Å²) in [6.45, 7) is 0. The lowest BCUT2D eigenvalue weighted by Crippen LogP contribution is -2.11. The van der Waals surface area contributed by atoms with Crippen molar-refractivity contribution in [1.29, 1.82) is 0 Å². The Bertz CT molecular complexity index is 772. The zero-order valence-corrected chi connectivity index (χ0v) is 14.8. The Balaban J connectivity index is 2.68. The molecule has 0 saturated heterocycles. The molecule has 0 unspecified atom stereocenters. The molecule has 0 bridgehead atoms. The van der Waals surface area contributed by atoms with Crippen molar-refractivity contribution in [3.05, 3.63) is 54.1 Å². The van der Waals surface area contributed by atoms with Gasteiger partial charge in [0.25, 0.3) is 10.0 Å².